The lowest BCUT2D eigenvalue weighted by Gasteiger charge is -2.22. The molecule has 0 aliphatic carbocycles. The molecule has 0 fully saturated rings. The summed E-state index contributed by atoms with van der Waals surface area (Å²) in [7, 11) is 1.82. The van der Waals surface area contributed by atoms with Crippen molar-refractivity contribution >= 4 is 5.78 Å². The number of carbonyl (C=O) groups is 1. The van der Waals surface area contributed by atoms with E-state index in [0.717, 1.165) is 17.8 Å². The maximum Gasteiger partial charge on any atom is 0.148 e. The van der Waals surface area contributed by atoms with E-state index in [-0.39, 0.29) is 11.7 Å². The van der Waals surface area contributed by atoms with Crippen LogP contribution in [-0.4, -0.2) is 20.5 Å². The fraction of sp³-hybridized carbons (Fsp3) is 0.438. The van der Waals surface area contributed by atoms with Gasteiger partial charge < -0.3 is 0 Å². The minimum Gasteiger partial charge on any atom is -0.299 e. The summed E-state index contributed by atoms with van der Waals surface area (Å²) in [4.78, 5) is 16.8. The molecule has 0 aliphatic heterocycles. The molecule has 20 heavy (non-hydrogen) atoms. The van der Waals surface area contributed by atoms with Crippen molar-refractivity contribution in [1.82, 2.24) is 14.8 Å². The number of benzene rings is 1. The largest absolute Gasteiger partial charge is 0.299 e. The summed E-state index contributed by atoms with van der Waals surface area (Å²) in [6.07, 6.45) is 2.80. The zero-order valence-electron chi connectivity index (χ0n) is 12.3. The molecule has 0 spiro atoms. The molecule has 0 aliphatic rings. The molecule has 2 unspecified atom stereocenters. The molecule has 4 nitrogen and oxygen atoms in total. The summed E-state index contributed by atoms with van der Waals surface area (Å²) >= 11 is 0. The Morgan fingerprint density at radius 1 is 1.30 bits per heavy atom. The Labute approximate surface area is 119 Å². The summed E-state index contributed by atoms with van der Waals surface area (Å²) in [6, 6.07) is 10.0. The highest BCUT2D eigenvalue weighted by molar-refractivity contribution is 5.87. The van der Waals surface area contributed by atoms with Gasteiger partial charge >= 0.3 is 0 Å². The van der Waals surface area contributed by atoms with Gasteiger partial charge in [0, 0.05) is 13.0 Å². The van der Waals surface area contributed by atoms with Gasteiger partial charge in [0.05, 0.1) is 6.42 Å². The quantitative estimate of drug-likeness (QED) is 0.811. The van der Waals surface area contributed by atoms with Crippen LogP contribution >= 0.6 is 0 Å². The molecule has 0 amide bonds. The van der Waals surface area contributed by atoms with Crippen LogP contribution in [0.1, 0.15) is 37.6 Å². The molecule has 2 atom stereocenters. The van der Waals surface area contributed by atoms with E-state index in [2.05, 4.69) is 23.9 Å². The van der Waals surface area contributed by atoms with Crippen LogP contribution in [0.2, 0.25) is 0 Å². The summed E-state index contributed by atoms with van der Waals surface area (Å²) < 4.78 is 1.66. The van der Waals surface area contributed by atoms with Crippen molar-refractivity contribution in [3.05, 3.63) is 48.0 Å². The molecular weight excluding hydrogens is 250 g/mol. The molecule has 2 rings (SSSR count). The van der Waals surface area contributed by atoms with Crippen LogP contribution in [0.25, 0.3) is 0 Å². The number of Topliss-reactive ketones (excluding diaryl/α,β-unsaturated/α-hetero) is 1. The van der Waals surface area contributed by atoms with E-state index >= 15 is 0 Å². The molecule has 2 aromatic rings. The van der Waals surface area contributed by atoms with Crippen molar-refractivity contribution in [1.29, 1.82) is 0 Å². The van der Waals surface area contributed by atoms with Gasteiger partial charge in [-0.15, -0.1) is 0 Å². The Hall–Kier alpha value is -1.97. The van der Waals surface area contributed by atoms with Crippen molar-refractivity contribution in [2.45, 2.75) is 32.6 Å². The van der Waals surface area contributed by atoms with E-state index in [1.807, 2.05) is 37.4 Å². The first-order valence-corrected chi connectivity index (χ1v) is 7.04. The Morgan fingerprint density at radius 2 is 2.00 bits per heavy atom. The maximum absolute atomic E-state index is 12.7. The molecule has 0 radical (unpaired) electrons. The normalized spacial score (nSPS) is 13.9. The Kier molecular flexibility index (Phi) is 4.66. The number of hydrogen-bond donors (Lipinski definition) is 0. The van der Waals surface area contributed by atoms with Gasteiger partial charge in [0.1, 0.15) is 17.9 Å². The number of aryl methyl sites for hydroxylation is 1. The van der Waals surface area contributed by atoms with Crippen LogP contribution in [-0.2, 0) is 18.3 Å². The van der Waals surface area contributed by atoms with Crippen LogP contribution in [0.5, 0.6) is 0 Å². The predicted octanol–water partition coefficient (Wildman–Crippen LogP) is 2.76. The minimum absolute atomic E-state index is 0.0714. The van der Waals surface area contributed by atoms with E-state index in [9.17, 15) is 4.79 Å². The van der Waals surface area contributed by atoms with Crippen LogP contribution in [0, 0.1) is 5.92 Å². The van der Waals surface area contributed by atoms with Gasteiger partial charge in [-0.2, -0.15) is 5.10 Å². The van der Waals surface area contributed by atoms with E-state index < -0.39 is 0 Å². The van der Waals surface area contributed by atoms with Gasteiger partial charge in [0.25, 0.3) is 0 Å². The first-order valence-electron chi connectivity index (χ1n) is 7.04. The van der Waals surface area contributed by atoms with Crippen molar-refractivity contribution in [3.63, 3.8) is 0 Å². The molecule has 4 heteroatoms. The standard InChI is InChI=1S/C16H21N3O/c1-4-12(2)16(13-8-6-5-7-9-13)14(20)10-15-17-11-18-19(15)3/h5-9,11-12,16H,4,10H2,1-3H3. The third-order valence-corrected chi connectivity index (χ3v) is 3.86. The number of rotatable bonds is 6. The number of carbonyl (C=O) groups excluding carboxylic acids is 1. The molecule has 1 heterocycles. The third-order valence-electron chi connectivity index (χ3n) is 3.86. The second kappa shape index (κ2) is 6.46. The molecule has 1 aromatic carbocycles. The molecular formula is C16H21N3O. The smallest absolute Gasteiger partial charge is 0.148 e. The number of nitrogens with zero attached hydrogens (tertiary/aromatic N) is 3. The summed E-state index contributed by atoms with van der Waals surface area (Å²) in [6.45, 7) is 4.25. The van der Waals surface area contributed by atoms with Crippen LogP contribution in [0.15, 0.2) is 36.7 Å². The zero-order valence-corrected chi connectivity index (χ0v) is 12.3. The first kappa shape index (κ1) is 14.4. The molecule has 0 N–H and O–H groups in total. The highest BCUT2D eigenvalue weighted by Crippen LogP contribution is 2.28. The number of aromatic nitrogens is 3. The number of hydrogen-bond acceptors (Lipinski definition) is 3. The second-order valence-corrected chi connectivity index (χ2v) is 5.22. The minimum atomic E-state index is -0.0714. The summed E-state index contributed by atoms with van der Waals surface area (Å²) in [5.74, 6) is 1.18. The summed E-state index contributed by atoms with van der Waals surface area (Å²) in [5.41, 5.74) is 1.09. The Morgan fingerprint density at radius 3 is 2.55 bits per heavy atom. The molecule has 0 saturated heterocycles. The Balaban J connectivity index is 2.23. The van der Waals surface area contributed by atoms with E-state index in [1.54, 1.807) is 4.68 Å². The van der Waals surface area contributed by atoms with Crippen LogP contribution in [0.3, 0.4) is 0 Å². The highest BCUT2D eigenvalue weighted by Gasteiger charge is 2.26. The van der Waals surface area contributed by atoms with Crippen molar-refractivity contribution in [3.8, 4) is 0 Å². The van der Waals surface area contributed by atoms with Gasteiger partial charge in [-0.3, -0.25) is 9.48 Å². The van der Waals surface area contributed by atoms with E-state index in [4.69, 9.17) is 0 Å². The number of ketones is 1. The Bertz CT molecular complexity index is 562. The fourth-order valence-electron chi connectivity index (χ4n) is 2.47. The van der Waals surface area contributed by atoms with Crippen molar-refractivity contribution < 1.29 is 4.79 Å². The lowest BCUT2D eigenvalue weighted by atomic mass is 9.81. The molecule has 1 aromatic heterocycles. The maximum atomic E-state index is 12.7. The van der Waals surface area contributed by atoms with Crippen LogP contribution < -0.4 is 0 Å². The van der Waals surface area contributed by atoms with Gasteiger partial charge in [-0.1, -0.05) is 50.6 Å². The fourth-order valence-corrected chi connectivity index (χ4v) is 2.47. The van der Waals surface area contributed by atoms with Gasteiger partial charge in [0.2, 0.25) is 0 Å². The van der Waals surface area contributed by atoms with E-state index in [1.165, 1.54) is 6.33 Å². The SMILES string of the molecule is CCC(C)C(C(=O)Cc1ncnn1C)c1ccccc1. The first-order chi connectivity index (χ1) is 9.63. The van der Waals surface area contributed by atoms with Gasteiger partial charge in [-0.05, 0) is 11.5 Å². The summed E-state index contributed by atoms with van der Waals surface area (Å²) in [5, 5.41) is 4.02. The lowest BCUT2D eigenvalue weighted by Crippen LogP contribution is -2.22. The zero-order chi connectivity index (χ0) is 14.5. The molecule has 106 valence electrons. The third kappa shape index (κ3) is 3.13. The highest BCUT2D eigenvalue weighted by atomic mass is 16.1. The van der Waals surface area contributed by atoms with Crippen molar-refractivity contribution in [2.24, 2.45) is 13.0 Å². The monoisotopic (exact) mass is 271 g/mol. The topological polar surface area (TPSA) is 47.8 Å². The second-order valence-electron chi connectivity index (χ2n) is 5.22. The lowest BCUT2D eigenvalue weighted by molar-refractivity contribution is -0.121. The molecule has 0 bridgehead atoms. The molecule has 0 saturated carbocycles. The van der Waals surface area contributed by atoms with Crippen molar-refractivity contribution in [2.75, 3.05) is 0 Å². The predicted molar refractivity (Wildman–Crippen MR) is 78.4 cm³/mol. The average Bonchev–Trinajstić information content (AvgIpc) is 2.85. The average molecular weight is 271 g/mol. The van der Waals surface area contributed by atoms with Crippen LogP contribution in [0.4, 0.5) is 0 Å². The van der Waals surface area contributed by atoms with E-state index in [0.29, 0.717) is 12.3 Å². The van der Waals surface area contributed by atoms with Gasteiger partial charge in [0.15, 0.2) is 0 Å². The van der Waals surface area contributed by atoms with Gasteiger partial charge in [-0.25, -0.2) is 4.98 Å².